The summed E-state index contributed by atoms with van der Waals surface area (Å²) in [6.07, 6.45) is 2.03. The first-order chi connectivity index (χ1) is 10.2. The van der Waals surface area contributed by atoms with Crippen molar-refractivity contribution in [2.45, 2.75) is 33.4 Å². The van der Waals surface area contributed by atoms with Gasteiger partial charge in [0.15, 0.2) is 5.82 Å². The van der Waals surface area contributed by atoms with Gasteiger partial charge >= 0.3 is 0 Å². The zero-order valence-corrected chi connectivity index (χ0v) is 12.3. The number of aliphatic hydroxyl groups is 1. The van der Waals surface area contributed by atoms with Crippen LogP contribution in [0, 0.1) is 18.8 Å². The molecule has 0 spiro atoms. The summed E-state index contributed by atoms with van der Waals surface area (Å²) < 4.78 is 7.60. The minimum absolute atomic E-state index is 0.0886. The number of aryl methyl sites for hydroxylation is 2. The van der Waals surface area contributed by atoms with Gasteiger partial charge < -0.3 is 9.84 Å². The fourth-order valence-corrected chi connectivity index (χ4v) is 1.92. The van der Waals surface area contributed by atoms with Gasteiger partial charge in [0, 0.05) is 18.5 Å². The minimum atomic E-state index is 0.0886. The van der Waals surface area contributed by atoms with Gasteiger partial charge in [0.1, 0.15) is 18.7 Å². The number of ether oxygens (including phenoxy) is 1. The van der Waals surface area contributed by atoms with Gasteiger partial charge in [0.05, 0.1) is 6.61 Å². The van der Waals surface area contributed by atoms with Gasteiger partial charge in [0.25, 0.3) is 0 Å². The number of hydrogen-bond acceptors (Lipinski definition) is 4. The quantitative estimate of drug-likeness (QED) is 0.853. The molecule has 0 unspecified atom stereocenters. The second-order valence-electron chi connectivity index (χ2n) is 4.54. The van der Waals surface area contributed by atoms with Gasteiger partial charge in [-0.3, -0.25) is 0 Å². The van der Waals surface area contributed by atoms with Gasteiger partial charge in [-0.15, -0.1) is 0 Å². The van der Waals surface area contributed by atoms with E-state index < -0.39 is 0 Å². The van der Waals surface area contributed by atoms with Crippen LogP contribution in [0.3, 0.4) is 0 Å². The summed E-state index contributed by atoms with van der Waals surface area (Å²) in [6, 6.07) is 5.80. The van der Waals surface area contributed by atoms with Crippen molar-refractivity contribution in [1.82, 2.24) is 14.8 Å². The Morgan fingerprint density at radius 3 is 2.95 bits per heavy atom. The van der Waals surface area contributed by atoms with Gasteiger partial charge in [-0.2, -0.15) is 5.10 Å². The Balaban J connectivity index is 2.03. The Labute approximate surface area is 124 Å². The highest BCUT2D eigenvalue weighted by Gasteiger charge is 2.05. The van der Waals surface area contributed by atoms with Crippen LogP contribution in [-0.2, 0) is 13.2 Å². The SMILES string of the molecule is CCn1ncnc1COc1ccc(C#CCCO)cc1C. The lowest BCUT2D eigenvalue weighted by Gasteiger charge is -2.09. The molecule has 2 rings (SSSR count). The van der Waals surface area contributed by atoms with E-state index in [0.717, 1.165) is 29.2 Å². The molecule has 5 nitrogen and oxygen atoms in total. The van der Waals surface area contributed by atoms with Crippen LogP contribution in [-0.4, -0.2) is 26.5 Å². The molecule has 0 bridgehead atoms. The molecule has 2 aromatic rings. The Hall–Kier alpha value is -2.32. The molecule has 0 radical (unpaired) electrons. The third kappa shape index (κ3) is 4.07. The molecule has 0 atom stereocenters. The number of benzene rings is 1. The van der Waals surface area contributed by atoms with E-state index in [-0.39, 0.29) is 6.61 Å². The summed E-state index contributed by atoms with van der Waals surface area (Å²) in [7, 11) is 0. The first-order valence-electron chi connectivity index (χ1n) is 6.94. The van der Waals surface area contributed by atoms with Crippen LogP contribution in [0.1, 0.15) is 30.3 Å². The van der Waals surface area contributed by atoms with E-state index in [0.29, 0.717) is 13.0 Å². The zero-order chi connectivity index (χ0) is 15.1. The Morgan fingerprint density at radius 2 is 2.24 bits per heavy atom. The summed E-state index contributed by atoms with van der Waals surface area (Å²) in [4.78, 5) is 4.18. The van der Waals surface area contributed by atoms with Crippen LogP contribution in [0.5, 0.6) is 5.75 Å². The number of aliphatic hydroxyl groups excluding tert-OH is 1. The van der Waals surface area contributed by atoms with Gasteiger partial charge in [-0.25, -0.2) is 9.67 Å². The molecule has 1 aromatic heterocycles. The molecule has 0 saturated carbocycles. The van der Waals surface area contributed by atoms with E-state index in [2.05, 4.69) is 21.9 Å². The van der Waals surface area contributed by atoms with Crippen molar-refractivity contribution in [2.24, 2.45) is 0 Å². The Kier molecular flexibility index (Phi) is 5.35. The van der Waals surface area contributed by atoms with E-state index in [9.17, 15) is 0 Å². The van der Waals surface area contributed by atoms with Gasteiger partial charge in [-0.05, 0) is 37.6 Å². The molecule has 1 heterocycles. The van der Waals surface area contributed by atoms with E-state index in [1.54, 1.807) is 0 Å². The average Bonchev–Trinajstić information content (AvgIpc) is 2.94. The normalized spacial score (nSPS) is 10.0. The maximum atomic E-state index is 8.71. The second kappa shape index (κ2) is 7.46. The lowest BCUT2D eigenvalue weighted by atomic mass is 10.1. The molecule has 1 N–H and O–H groups in total. The minimum Gasteiger partial charge on any atom is -0.485 e. The summed E-state index contributed by atoms with van der Waals surface area (Å²) >= 11 is 0. The van der Waals surface area contributed by atoms with Crippen LogP contribution in [0.25, 0.3) is 0 Å². The largest absolute Gasteiger partial charge is 0.485 e. The highest BCUT2D eigenvalue weighted by molar-refractivity contribution is 5.43. The van der Waals surface area contributed by atoms with Crippen molar-refractivity contribution in [2.75, 3.05) is 6.61 Å². The summed E-state index contributed by atoms with van der Waals surface area (Å²) in [5, 5.41) is 12.8. The molecule has 0 amide bonds. The monoisotopic (exact) mass is 285 g/mol. The van der Waals surface area contributed by atoms with Crippen LogP contribution in [0.4, 0.5) is 0 Å². The standard InChI is InChI=1S/C16H19N3O2/c1-3-19-16(17-12-18-19)11-21-15-8-7-14(10-13(15)2)6-4-5-9-20/h7-8,10,12,20H,3,5,9,11H2,1-2H3. The van der Waals surface area contributed by atoms with Crippen LogP contribution in [0.2, 0.25) is 0 Å². The number of hydrogen-bond donors (Lipinski definition) is 1. The molecule has 0 fully saturated rings. The first-order valence-corrected chi connectivity index (χ1v) is 6.94. The van der Waals surface area contributed by atoms with Crippen LogP contribution < -0.4 is 4.74 Å². The molecule has 0 saturated heterocycles. The molecule has 0 aliphatic heterocycles. The van der Waals surface area contributed by atoms with E-state index in [1.807, 2.05) is 36.7 Å². The van der Waals surface area contributed by atoms with Crippen molar-refractivity contribution in [1.29, 1.82) is 0 Å². The topological polar surface area (TPSA) is 60.2 Å². The van der Waals surface area contributed by atoms with Crippen molar-refractivity contribution >= 4 is 0 Å². The molecule has 0 aliphatic rings. The van der Waals surface area contributed by atoms with Crippen LogP contribution in [0.15, 0.2) is 24.5 Å². The van der Waals surface area contributed by atoms with Crippen molar-refractivity contribution in [3.8, 4) is 17.6 Å². The number of nitrogens with zero attached hydrogens (tertiary/aromatic N) is 3. The van der Waals surface area contributed by atoms with Gasteiger partial charge in [0.2, 0.25) is 0 Å². The van der Waals surface area contributed by atoms with E-state index in [1.165, 1.54) is 6.33 Å². The molecular weight excluding hydrogens is 266 g/mol. The highest BCUT2D eigenvalue weighted by Crippen LogP contribution is 2.19. The number of rotatable bonds is 5. The fraction of sp³-hybridized carbons (Fsp3) is 0.375. The van der Waals surface area contributed by atoms with E-state index >= 15 is 0 Å². The highest BCUT2D eigenvalue weighted by atomic mass is 16.5. The maximum Gasteiger partial charge on any atom is 0.164 e. The summed E-state index contributed by atoms with van der Waals surface area (Å²) in [5.74, 6) is 7.54. The Morgan fingerprint density at radius 1 is 1.38 bits per heavy atom. The van der Waals surface area contributed by atoms with Crippen molar-refractivity contribution in [3.63, 3.8) is 0 Å². The Bertz CT molecular complexity index is 653. The summed E-state index contributed by atoms with van der Waals surface area (Å²) in [6.45, 7) is 5.26. The molecule has 110 valence electrons. The van der Waals surface area contributed by atoms with Crippen LogP contribution >= 0.6 is 0 Å². The van der Waals surface area contributed by atoms with Gasteiger partial charge in [-0.1, -0.05) is 11.8 Å². The smallest absolute Gasteiger partial charge is 0.164 e. The third-order valence-corrected chi connectivity index (χ3v) is 3.00. The predicted molar refractivity (Wildman–Crippen MR) is 79.8 cm³/mol. The molecule has 21 heavy (non-hydrogen) atoms. The molecular formula is C16H19N3O2. The lowest BCUT2D eigenvalue weighted by molar-refractivity contribution is 0.285. The maximum absolute atomic E-state index is 8.71. The first kappa shape index (κ1) is 15.1. The third-order valence-electron chi connectivity index (χ3n) is 3.00. The predicted octanol–water partition coefficient (Wildman–Crippen LogP) is 1.92. The fourth-order valence-electron chi connectivity index (χ4n) is 1.92. The second-order valence-corrected chi connectivity index (χ2v) is 4.54. The summed E-state index contributed by atoms with van der Waals surface area (Å²) in [5.41, 5.74) is 1.94. The van der Waals surface area contributed by atoms with E-state index in [4.69, 9.17) is 9.84 Å². The molecule has 5 heteroatoms. The zero-order valence-electron chi connectivity index (χ0n) is 12.3. The lowest BCUT2D eigenvalue weighted by Crippen LogP contribution is -2.07. The van der Waals surface area contributed by atoms with Crippen molar-refractivity contribution < 1.29 is 9.84 Å². The average molecular weight is 285 g/mol. The van der Waals surface area contributed by atoms with Crippen molar-refractivity contribution in [3.05, 3.63) is 41.5 Å². The number of aromatic nitrogens is 3. The molecule has 1 aromatic carbocycles. The molecule has 0 aliphatic carbocycles.